The largest absolute Gasteiger partial charge is 0.261 e. The molecule has 21 heavy (non-hydrogen) atoms. The molecule has 4 fully saturated rings. The summed E-state index contributed by atoms with van der Waals surface area (Å²) in [6, 6.07) is 7.21. The van der Waals surface area contributed by atoms with E-state index in [0.717, 1.165) is 24.2 Å². The van der Waals surface area contributed by atoms with Gasteiger partial charge in [-0.25, -0.2) is 8.42 Å². The molecule has 0 spiro atoms. The molecule has 4 bridgehead atoms. The Morgan fingerprint density at radius 2 is 1.43 bits per heavy atom. The Morgan fingerprint density at radius 1 is 0.952 bits per heavy atom. The van der Waals surface area contributed by atoms with Gasteiger partial charge in [-0.1, -0.05) is 12.1 Å². The predicted molar refractivity (Wildman–Crippen MR) is 83.8 cm³/mol. The van der Waals surface area contributed by atoms with Gasteiger partial charge in [0.2, 0.25) is 0 Å². The summed E-state index contributed by atoms with van der Waals surface area (Å²) in [4.78, 5) is 0.207. The monoisotopic (exact) mass is 324 g/mol. The van der Waals surface area contributed by atoms with Crippen LogP contribution in [-0.2, 0) is 15.5 Å². The molecule has 4 aliphatic rings. The van der Waals surface area contributed by atoms with Gasteiger partial charge in [-0.3, -0.25) is 0 Å². The van der Waals surface area contributed by atoms with Crippen LogP contribution in [0.15, 0.2) is 29.2 Å². The maximum Gasteiger partial charge on any atom is 0.261 e. The first kappa shape index (κ1) is 14.1. The third kappa shape index (κ3) is 2.63. The lowest BCUT2D eigenvalue weighted by Crippen LogP contribution is -2.47. The van der Waals surface area contributed by atoms with Crippen molar-refractivity contribution in [1.29, 1.82) is 0 Å². The zero-order valence-corrected chi connectivity index (χ0v) is 13.7. The van der Waals surface area contributed by atoms with Gasteiger partial charge in [0, 0.05) is 10.7 Å². The molecule has 1 aromatic carbocycles. The second-order valence-corrected chi connectivity index (χ2v) is 10.2. The topological polar surface area (TPSA) is 34.1 Å². The number of rotatable bonds is 3. The van der Waals surface area contributed by atoms with Crippen LogP contribution in [0.2, 0.25) is 0 Å². The number of hydrogen-bond donors (Lipinski definition) is 0. The fraction of sp³-hybridized carbons (Fsp3) is 0.647. The molecule has 4 heteroatoms. The zero-order valence-electron chi connectivity index (χ0n) is 12.1. The molecule has 0 N–H and O–H groups in total. The first-order valence-electron chi connectivity index (χ1n) is 7.96. The molecule has 0 atom stereocenters. The number of benzene rings is 1. The van der Waals surface area contributed by atoms with Gasteiger partial charge in [0.05, 0.1) is 4.90 Å². The van der Waals surface area contributed by atoms with Crippen molar-refractivity contribution < 1.29 is 8.42 Å². The minimum absolute atomic E-state index is 0.207. The highest BCUT2D eigenvalue weighted by Gasteiger charge is 2.50. The normalized spacial score (nSPS) is 37.9. The SMILES string of the molecule is O=S(=O)(Cl)c1ccc(CC23CC4CC(CC(C4)C2)C3)cc1. The Kier molecular flexibility index (Phi) is 3.17. The highest BCUT2D eigenvalue weighted by molar-refractivity contribution is 8.13. The van der Waals surface area contributed by atoms with Crippen molar-refractivity contribution in [2.24, 2.45) is 23.2 Å². The van der Waals surface area contributed by atoms with Crippen LogP contribution in [0.4, 0.5) is 0 Å². The molecule has 4 aliphatic carbocycles. The van der Waals surface area contributed by atoms with Gasteiger partial charge < -0.3 is 0 Å². The molecule has 0 aliphatic heterocycles. The van der Waals surface area contributed by atoms with Gasteiger partial charge in [0.1, 0.15) is 0 Å². The predicted octanol–water partition coefficient (Wildman–Crippen LogP) is 4.37. The van der Waals surface area contributed by atoms with Crippen molar-refractivity contribution in [2.75, 3.05) is 0 Å². The fourth-order valence-electron chi connectivity index (χ4n) is 5.71. The minimum Gasteiger partial charge on any atom is -0.207 e. The lowest BCUT2D eigenvalue weighted by Gasteiger charge is -2.57. The standard InChI is InChI=1S/C17H21ClO2S/c18-21(19,20)16-3-1-12(2-4-16)8-17-9-13-5-14(10-17)7-15(6-13)11-17/h1-4,13-15H,5-11H2. The molecule has 0 aromatic heterocycles. The molecule has 114 valence electrons. The maximum atomic E-state index is 11.3. The Labute approximate surface area is 131 Å². The molecule has 0 radical (unpaired) electrons. The van der Waals surface area contributed by atoms with Crippen molar-refractivity contribution in [1.82, 2.24) is 0 Å². The maximum absolute atomic E-state index is 11.3. The molecule has 0 unspecified atom stereocenters. The highest BCUT2D eigenvalue weighted by atomic mass is 35.7. The Bertz CT molecular complexity index is 613. The molecule has 0 amide bonds. The van der Waals surface area contributed by atoms with E-state index in [4.69, 9.17) is 10.7 Å². The summed E-state index contributed by atoms with van der Waals surface area (Å²) in [5, 5.41) is 0. The molecular weight excluding hydrogens is 304 g/mol. The third-order valence-corrected chi connectivity index (χ3v) is 7.32. The van der Waals surface area contributed by atoms with Crippen LogP contribution in [0.3, 0.4) is 0 Å². The lowest BCUT2D eigenvalue weighted by atomic mass is 9.48. The number of hydrogen-bond acceptors (Lipinski definition) is 2. The highest BCUT2D eigenvalue weighted by Crippen LogP contribution is 2.61. The Morgan fingerprint density at radius 3 is 1.86 bits per heavy atom. The van der Waals surface area contributed by atoms with E-state index in [-0.39, 0.29) is 4.90 Å². The molecule has 1 aromatic rings. The van der Waals surface area contributed by atoms with Crippen LogP contribution >= 0.6 is 10.7 Å². The summed E-state index contributed by atoms with van der Waals surface area (Å²) in [6.07, 6.45) is 9.64. The van der Waals surface area contributed by atoms with Crippen LogP contribution in [0, 0.1) is 23.2 Å². The van der Waals surface area contributed by atoms with E-state index in [2.05, 4.69) is 0 Å². The van der Waals surface area contributed by atoms with E-state index < -0.39 is 9.05 Å². The van der Waals surface area contributed by atoms with Crippen molar-refractivity contribution in [3.63, 3.8) is 0 Å². The first-order chi connectivity index (χ1) is 9.92. The average molecular weight is 325 g/mol. The van der Waals surface area contributed by atoms with Gasteiger partial charge in [0.15, 0.2) is 0 Å². The van der Waals surface area contributed by atoms with Gasteiger partial charge in [-0.05, 0) is 85.8 Å². The van der Waals surface area contributed by atoms with E-state index in [0.29, 0.717) is 5.41 Å². The molecule has 5 rings (SSSR count). The average Bonchev–Trinajstić information content (AvgIpc) is 2.35. The van der Waals surface area contributed by atoms with Gasteiger partial charge in [0.25, 0.3) is 9.05 Å². The van der Waals surface area contributed by atoms with Crippen molar-refractivity contribution in [2.45, 2.75) is 49.8 Å². The van der Waals surface area contributed by atoms with E-state index in [1.165, 1.54) is 44.1 Å². The summed E-state index contributed by atoms with van der Waals surface area (Å²) in [5.74, 6) is 2.87. The molecule has 4 saturated carbocycles. The fourth-order valence-corrected chi connectivity index (χ4v) is 6.48. The van der Waals surface area contributed by atoms with Crippen LogP contribution in [0.1, 0.15) is 44.1 Å². The van der Waals surface area contributed by atoms with E-state index >= 15 is 0 Å². The van der Waals surface area contributed by atoms with Gasteiger partial charge in [-0.2, -0.15) is 0 Å². The van der Waals surface area contributed by atoms with Crippen molar-refractivity contribution >= 4 is 19.7 Å². The first-order valence-corrected chi connectivity index (χ1v) is 10.3. The molecular formula is C17H21ClO2S. The van der Waals surface area contributed by atoms with Gasteiger partial charge in [-0.15, -0.1) is 0 Å². The smallest absolute Gasteiger partial charge is 0.207 e. The molecule has 0 saturated heterocycles. The van der Waals surface area contributed by atoms with Crippen LogP contribution in [0.25, 0.3) is 0 Å². The molecule has 2 nitrogen and oxygen atoms in total. The van der Waals surface area contributed by atoms with E-state index in [1.807, 2.05) is 12.1 Å². The van der Waals surface area contributed by atoms with E-state index in [1.54, 1.807) is 12.1 Å². The minimum atomic E-state index is -3.60. The van der Waals surface area contributed by atoms with Crippen molar-refractivity contribution in [3.05, 3.63) is 29.8 Å². The molecule has 0 heterocycles. The third-order valence-electron chi connectivity index (χ3n) is 5.95. The summed E-state index contributed by atoms with van der Waals surface area (Å²) in [5.41, 5.74) is 1.76. The van der Waals surface area contributed by atoms with Crippen LogP contribution in [0.5, 0.6) is 0 Å². The second kappa shape index (κ2) is 4.73. The Hall–Kier alpha value is -0.540. The quantitative estimate of drug-likeness (QED) is 0.773. The lowest BCUT2D eigenvalue weighted by molar-refractivity contribution is -0.0521. The Balaban J connectivity index is 1.56. The van der Waals surface area contributed by atoms with Crippen molar-refractivity contribution in [3.8, 4) is 0 Å². The van der Waals surface area contributed by atoms with E-state index in [9.17, 15) is 8.42 Å². The summed E-state index contributed by atoms with van der Waals surface area (Å²) in [7, 11) is 1.78. The zero-order chi connectivity index (χ0) is 14.7. The second-order valence-electron chi connectivity index (χ2n) is 7.68. The summed E-state index contributed by atoms with van der Waals surface area (Å²) < 4.78 is 22.6. The number of halogens is 1. The van der Waals surface area contributed by atoms with Crippen LogP contribution in [-0.4, -0.2) is 8.42 Å². The summed E-state index contributed by atoms with van der Waals surface area (Å²) in [6.45, 7) is 0. The van der Waals surface area contributed by atoms with Crippen LogP contribution < -0.4 is 0 Å². The van der Waals surface area contributed by atoms with Gasteiger partial charge >= 0.3 is 0 Å². The summed E-state index contributed by atoms with van der Waals surface area (Å²) >= 11 is 0.